The van der Waals surface area contributed by atoms with E-state index in [1.54, 1.807) is 6.92 Å². The van der Waals surface area contributed by atoms with Crippen molar-refractivity contribution in [2.24, 2.45) is 5.92 Å². The number of carboxylic acids is 1. The Morgan fingerprint density at radius 3 is 2.55 bits per heavy atom. The zero-order valence-corrected chi connectivity index (χ0v) is 11.4. The van der Waals surface area contributed by atoms with Crippen molar-refractivity contribution in [1.29, 1.82) is 5.26 Å². The minimum Gasteiger partial charge on any atom is -0.480 e. The second kappa shape index (κ2) is 7.95. The van der Waals surface area contributed by atoms with Crippen LogP contribution in [0.4, 0.5) is 0 Å². The van der Waals surface area contributed by atoms with Crippen LogP contribution in [-0.2, 0) is 16.0 Å². The van der Waals surface area contributed by atoms with Gasteiger partial charge in [0.25, 0.3) is 0 Å². The fraction of sp³-hybridized carbons (Fsp3) is 0.400. The van der Waals surface area contributed by atoms with E-state index in [1.807, 2.05) is 36.4 Å². The molecule has 0 heterocycles. The summed E-state index contributed by atoms with van der Waals surface area (Å²) < 4.78 is 0. The summed E-state index contributed by atoms with van der Waals surface area (Å²) in [5, 5.41) is 20.2. The van der Waals surface area contributed by atoms with Crippen LogP contribution in [0.1, 0.15) is 25.3 Å². The van der Waals surface area contributed by atoms with Gasteiger partial charge in [0.05, 0.1) is 6.07 Å². The predicted molar refractivity (Wildman–Crippen MR) is 73.7 cm³/mol. The van der Waals surface area contributed by atoms with Gasteiger partial charge in [-0.2, -0.15) is 5.26 Å². The summed E-state index contributed by atoms with van der Waals surface area (Å²) in [7, 11) is 0. The molecule has 1 aromatic rings. The summed E-state index contributed by atoms with van der Waals surface area (Å²) in [4.78, 5) is 22.8. The topological polar surface area (TPSA) is 90.2 Å². The van der Waals surface area contributed by atoms with Gasteiger partial charge in [0.1, 0.15) is 6.04 Å². The Morgan fingerprint density at radius 1 is 1.35 bits per heavy atom. The molecule has 0 aliphatic rings. The maximum Gasteiger partial charge on any atom is 0.326 e. The van der Waals surface area contributed by atoms with Crippen molar-refractivity contribution < 1.29 is 14.7 Å². The van der Waals surface area contributed by atoms with Gasteiger partial charge in [0.15, 0.2) is 0 Å². The van der Waals surface area contributed by atoms with E-state index < -0.39 is 17.9 Å². The Balaban J connectivity index is 2.46. The Bertz CT molecular complexity index is 494. The number of rotatable bonds is 7. The molecule has 106 valence electrons. The SMILES string of the molecule is C[C@@H](C#N)C[C@H](NC(=O)CCc1ccccc1)C(=O)O. The van der Waals surface area contributed by atoms with E-state index in [9.17, 15) is 9.59 Å². The maximum absolute atomic E-state index is 11.7. The van der Waals surface area contributed by atoms with Crippen LogP contribution in [0.15, 0.2) is 30.3 Å². The number of amides is 1. The molecule has 2 N–H and O–H groups in total. The Hall–Kier alpha value is -2.35. The average molecular weight is 274 g/mol. The monoisotopic (exact) mass is 274 g/mol. The van der Waals surface area contributed by atoms with Crippen molar-refractivity contribution in [2.45, 2.75) is 32.2 Å². The van der Waals surface area contributed by atoms with Crippen molar-refractivity contribution >= 4 is 11.9 Å². The van der Waals surface area contributed by atoms with E-state index in [0.717, 1.165) is 5.56 Å². The minimum absolute atomic E-state index is 0.114. The third-order valence-corrected chi connectivity index (χ3v) is 2.93. The number of hydrogen-bond donors (Lipinski definition) is 2. The molecule has 0 fully saturated rings. The molecule has 20 heavy (non-hydrogen) atoms. The van der Waals surface area contributed by atoms with Crippen LogP contribution >= 0.6 is 0 Å². The smallest absolute Gasteiger partial charge is 0.326 e. The predicted octanol–water partition coefficient (Wildman–Crippen LogP) is 1.74. The van der Waals surface area contributed by atoms with E-state index >= 15 is 0 Å². The molecule has 0 bridgehead atoms. The number of carbonyl (C=O) groups is 2. The molecule has 5 heteroatoms. The normalized spacial score (nSPS) is 13.0. The van der Waals surface area contributed by atoms with Gasteiger partial charge in [-0.25, -0.2) is 4.79 Å². The molecule has 0 saturated carbocycles. The van der Waals surface area contributed by atoms with Crippen molar-refractivity contribution in [2.75, 3.05) is 0 Å². The molecular weight excluding hydrogens is 256 g/mol. The minimum atomic E-state index is -1.11. The van der Waals surface area contributed by atoms with Crippen molar-refractivity contribution in [1.82, 2.24) is 5.32 Å². The zero-order valence-electron chi connectivity index (χ0n) is 11.4. The number of nitrogens with zero attached hydrogens (tertiary/aromatic N) is 1. The molecule has 1 amide bonds. The number of nitrogens with one attached hydrogen (secondary N) is 1. The summed E-state index contributed by atoms with van der Waals surface area (Å²) in [5.74, 6) is -1.84. The van der Waals surface area contributed by atoms with Crippen molar-refractivity contribution in [3.63, 3.8) is 0 Å². The summed E-state index contributed by atoms with van der Waals surface area (Å²) in [6, 6.07) is 10.5. The Morgan fingerprint density at radius 2 is 2.00 bits per heavy atom. The highest BCUT2D eigenvalue weighted by Gasteiger charge is 2.22. The van der Waals surface area contributed by atoms with E-state index in [1.165, 1.54) is 0 Å². The molecule has 1 aromatic carbocycles. The van der Waals surface area contributed by atoms with Crippen LogP contribution in [0.2, 0.25) is 0 Å². The Labute approximate surface area is 118 Å². The first-order valence-corrected chi connectivity index (χ1v) is 6.48. The van der Waals surface area contributed by atoms with E-state index in [-0.39, 0.29) is 18.7 Å². The molecule has 0 aliphatic heterocycles. The number of carboxylic acid groups (broad SMARTS) is 1. The lowest BCUT2D eigenvalue weighted by atomic mass is 10.0. The fourth-order valence-corrected chi connectivity index (χ4v) is 1.80. The standard InChI is InChI=1S/C15H18N2O3/c1-11(10-16)9-13(15(19)20)17-14(18)8-7-12-5-3-2-4-6-12/h2-6,11,13H,7-9H2,1H3,(H,17,18)(H,19,20)/t11-,13+/m1/s1. The number of nitriles is 1. The van der Waals surface area contributed by atoms with Crippen molar-refractivity contribution in [3.8, 4) is 6.07 Å². The van der Waals surface area contributed by atoms with Gasteiger partial charge in [-0.15, -0.1) is 0 Å². The summed E-state index contributed by atoms with van der Waals surface area (Å²) in [6.45, 7) is 1.63. The third-order valence-electron chi connectivity index (χ3n) is 2.93. The van der Waals surface area contributed by atoms with E-state index in [0.29, 0.717) is 6.42 Å². The van der Waals surface area contributed by atoms with E-state index in [2.05, 4.69) is 5.32 Å². The zero-order chi connectivity index (χ0) is 15.0. The third kappa shape index (κ3) is 5.53. The molecule has 0 aliphatic carbocycles. The van der Waals surface area contributed by atoms with Gasteiger partial charge < -0.3 is 10.4 Å². The van der Waals surface area contributed by atoms with Gasteiger partial charge in [-0.1, -0.05) is 30.3 Å². The molecule has 0 saturated heterocycles. The van der Waals surface area contributed by atoms with Gasteiger partial charge in [0, 0.05) is 12.3 Å². The average Bonchev–Trinajstić information content (AvgIpc) is 2.45. The largest absolute Gasteiger partial charge is 0.480 e. The highest BCUT2D eigenvalue weighted by atomic mass is 16.4. The van der Waals surface area contributed by atoms with Gasteiger partial charge in [0.2, 0.25) is 5.91 Å². The Kier molecular flexibility index (Phi) is 6.24. The first-order chi connectivity index (χ1) is 9.52. The first-order valence-electron chi connectivity index (χ1n) is 6.48. The molecule has 0 unspecified atom stereocenters. The molecule has 0 radical (unpaired) electrons. The number of benzene rings is 1. The van der Waals surface area contributed by atoms with Crippen LogP contribution in [0.5, 0.6) is 0 Å². The number of carbonyl (C=O) groups excluding carboxylic acids is 1. The number of aliphatic carboxylic acids is 1. The van der Waals surface area contributed by atoms with Gasteiger partial charge >= 0.3 is 5.97 Å². The van der Waals surface area contributed by atoms with E-state index in [4.69, 9.17) is 10.4 Å². The van der Waals surface area contributed by atoms with Crippen LogP contribution in [0, 0.1) is 17.2 Å². The molecule has 1 rings (SSSR count). The lowest BCUT2D eigenvalue weighted by Crippen LogP contribution is -2.41. The van der Waals surface area contributed by atoms with Crippen LogP contribution in [-0.4, -0.2) is 23.0 Å². The highest BCUT2D eigenvalue weighted by molar-refractivity contribution is 5.83. The molecule has 2 atom stereocenters. The first kappa shape index (κ1) is 15.7. The second-order valence-electron chi connectivity index (χ2n) is 4.71. The second-order valence-corrected chi connectivity index (χ2v) is 4.71. The van der Waals surface area contributed by atoms with Crippen LogP contribution < -0.4 is 5.32 Å². The molecular formula is C15H18N2O3. The highest BCUT2D eigenvalue weighted by Crippen LogP contribution is 2.07. The quantitative estimate of drug-likeness (QED) is 0.792. The van der Waals surface area contributed by atoms with Gasteiger partial charge in [-0.3, -0.25) is 4.79 Å². The van der Waals surface area contributed by atoms with Crippen LogP contribution in [0.3, 0.4) is 0 Å². The number of hydrogen-bond acceptors (Lipinski definition) is 3. The maximum atomic E-state index is 11.7. The lowest BCUT2D eigenvalue weighted by Gasteiger charge is -2.15. The number of aryl methyl sites for hydroxylation is 1. The molecule has 0 aromatic heterocycles. The fourth-order valence-electron chi connectivity index (χ4n) is 1.80. The summed E-state index contributed by atoms with van der Waals surface area (Å²) in [5.41, 5.74) is 1.03. The summed E-state index contributed by atoms with van der Waals surface area (Å²) >= 11 is 0. The van der Waals surface area contributed by atoms with Crippen LogP contribution in [0.25, 0.3) is 0 Å². The molecule has 0 spiro atoms. The molecule has 5 nitrogen and oxygen atoms in total. The van der Waals surface area contributed by atoms with Crippen molar-refractivity contribution in [3.05, 3.63) is 35.9 Å². The summed E-state index contributed by atoms with van der Waals surface area (Å²) in [6.07, 6.45) is 0.907. The van der Waals surface area contributed by atoms with Gasteiger partial charge in [-0.05, 0) is 25.3 Å². The lowest BCUT2D eigenvalue weighted by molar-refractivity contribution is -0.142.